The zero-order chi connectivity index (χ0) is 22.5. The first-order valence-corrected chi connectivity index (χ1v) is 11.4. The summed E-state index contributed by atoms with van der Waals surface area (Å²) >= 11 is 1.65. The van der Waals surface area contributed by atoms with Gasteiger partial charge in [-0.2, -0.15) is 0 Å². The second-order valence-corrected chi connectivity index (χ2v) is 8.33. The van der Waals surface area contributed by atoms with Crippen molar-refractivity contribution in [1.29, 1.82) is 0 Å². The van der Waals surface area contributed by atoms with Crippen LogP contribution in [-0.4, -0.2) is 36.0 Å². The monoisotopic (exact) mass is 449 g/mol. The lowest BCUT2D eigenvalue weighted by Crippen LogP contribution is -2.41. The molecule has 3 aromatic rings. The van der Waals surface area contributed by atoms with E-state index in [1.807, 2.05) is 35.7 Å². The van der Waals surface area contributed by atoms with Crippen LogP contribution >= 0.6 is 11.3 Å². The highest BCUT2D eigenvalue weighted by Crippen LogP contribution is 2.36. The van der Waals surface area contributed by atoms with Gasteiger partial charge in [-0.15, -0.1) is 11.3 Å². The van der Waals surface area contributed by atoms with E-state index in [1.54, 1.807) is 18.3 Å². The van der Waals surface area contributed by atoms with Gasteiger partial charge in [0.05, 0.1) is 16.8 Å². The van der Waals surface area contributed by atoms with Gasteiger partial charge in [0.25, 0.3) is 5.91 Å². The van der Waals surface area contributed by atoms with Gasteiger partial charge < -0.3 is 10.1 Å². The SMILES string of the molecule is CCNC(=O)NC(=O)COC(=O)c1c2c(nc3ccccc13)/C(=C\c1cccs1)CCC2. The summed E-state index contributed by atoms with van der Waals surface area (Å²) in [7, 11) is 0. The smallest absolute Gasteiger partial charge is 0.339 e. The van der Waals surface area contributed by atoms with E-state index < -0.39 is 24.5 Å². The van der Waals surface area contributed by atoms with Gasteiger partial charge in [-0.1, -0.05) is 24.3 Å². The van der Waals surface area contributed by atoms with Crippen molar-refractivity contribution < 1.29 is 19.1 Å². The number of hydrogen-bond acceptors (Lipinski definition) is 6. The zero-order valence-corrected chi connectivity index (χ0v) is 18.5. The van der Waals surface area contributed by atoms with Crippen molar-refractivity contribution in [1.82, 2.24) is 15.6 Å². The summed E-state index contributed by atoms with van der Waals surface area (Å²) < 4.78 is 5.31. The summed E-state index contributed by atoms with van der Waals surface area (Å²) in [5.41, 5.74) is 3.87. The fourth-order valence-electron chi connectivity index (χ4n) is 3.82. The second-order valence-electron chi connectivity index (χ2n) is 7.35. The molecule has 0 atom stereocenters. The fraction of sp³-hybridized carbons (Fsp3) is 0.250. The first-order chi connectivity index (χ1) is 15.6. The Hall–Kier alpha value is -3.52. The predicted octanol–water partition coefficient (Wildman–Crippen LogP) is 4.18. The maximum atomic E-state index is 13.1. The molecule has 3 amide bonds. The van der Waals surface area contributed by atoms with Crippen molar-refractivity contribution >= 4 is 51.8 Å². The molecule has 1 aliphatic carbocycles. The lowest BCUT2D eigenvalue weighted by Gasteiger charge is -2.22. The number of fused-ring (bicyclic) bond motifs is 2. The minimum Gasteiger partial charge on any atom is -0.452 e. The highest BCUT2D eigenvalue weighted by atomic mass is 32.1. The first-order valence-electron chi connectivity index (χ1n) is 10.5. The average Bonchev–Trinajstić information content (AvgIpc) is 3.29. The van der Waals surface area contributed by atoms with E-state index in [9.17, 15) is 14.4 Å². The van der Waals surface area contributed by atoms with E-state index in [0.29, 0.717) is 29.4 Å². The molecule has 0 saturated heterocycles. The van der Waals surface area contributed by atoms with Crippen LogP contribution in [0, 0.1) is 0 Å². The van der Waals surface area contributed by atoms with E-state index in [4.69, 9.17) is 9.72 Å². The predicted molar refractivity (Wildman–Crippen MR) is 124 cm³/mol. The number of imide groups is 1. The number of aromatic nitrogens is 1. The molecule has 0 bridgehead atoms. The maximum absolute atomic E-state index is 13.1. The Morgan fingerprint density at radius 1 is 1.16 bits per heavy atom. The van der Waals surface area contributed by atoms with Gasteiger partial charge in [0.15, 0.2) is 6.61 Å². The van der Waals surface area contributed by atoms with Crippen LogP contribution in [0.5, 0.6) is 0 Å². The maximum Gasteiger partial charge on any atom is 0.339 e. The molecule has 0 radical (unpaired) electrons. The van der Waals surface area contributed by atoms with Crippen molar-refractivity contribution in [2.75, 3.05) is 13.2 Å². The quantitative estimate of drug-likeness (QED) is 0.570. The second kappa shape index (κ2) is 9.74. The lowest BCUT2D eigenvalue weighted by molar-refractivity contribution is -0.123. The summed E-state index contributed by atoms with van der Waals surface area (Å²) in [4.78, 5) is 42.6. The van der Waals surface area contributed by atoms with Gasteiger partial charge in [0.2, 0.25) is 0 Å². The summed E-state index contributed by atoms with van der Waals surface area (Å²) in [6.45, 7) is 1.58. The Labute approximate surface area is 189 Å². The molecule has 164 valence electrons. The number of carbonyl (C=O) groups is 3. The Balaban J connectivity index is 1.67. The molecule has 0 saturated carbocycles. The Bertz CT molecular complexity index is 1200. The normalized spacial score (nSPS) is 14.1. The summed E-state index contributed by atoms with van der Waals surface area (Å²) in [6, 6.07) is 10.9. The molecule has 1 aliphatic rings. The first kappa shape index (κ1) is 21.7. The topological polar surface area (TPSA) is 97.4 Å². The minimum absolute atomic E-state index is 0.384. The molecule has 0 spiro atoms. The van der Waals surface area contributed by atoms with Gasteiger partial charge in [0, 0.05) is 16.8 Å². The van der Waals surface area contributed by atoms with Crippen LogP contribution in [-0.2, 0) is 16.0 Å². The molecular weight excluding hydrogens is 426 g/mol. The van der Waals surface area contributed by atoms with E-state index >= 15 is 0 Å². The number of esters is 1. The number of nitrogens with one attached hydrogen (secondary N) is 2. The van der Waals surface area contributed by atoms with Crippen LogP contribution in [0.15, 0.2) is 41.8 Å². The molecular formula is C24H23N3O4S. The van der Waals surface area contributed by atoms with E-state index in [1.165, 1.54) is 0 Å². The Kier molecular flexibility index (Phi) is 6.61. The highest BCUT2D eigenvalue weighted by Gasteiger charge is 2.26. The van der Waals surface area contributed by atoms with Gasteiger partial charge in [0.1, 0.15) is 0 Å². The van der Waals surface area contributed by atoms with Crippen LogP contribution in [0.1, 0.15) is 46.3 Å². The number of para-hydroxylation sites is 1. The van der Waals surface area contributed by atoms with Crippen LogP contribution < -0.4 is 10.6 Å². The molecule has 2 aromatic heterocycles. The third kappa shape index (κ3) is 4.70. The largest absolute Gasteiger partial charge is 0.452 e. The Morgan fingerprint density at radius 2 is 2.00 bits per heavy atom. The molecule has 1 aromatic carbocycles. The number of nitrogens with zero attached hydrogens (tertiary/aromatic N) is 1. The number of urea groups is 1. The van der Waals surface area contributed by atoms with Crippen molar-refractivity contribution in [3.63, 3.8) is 0 Å². The number of hydrogen-bond donors (Lipinski definition) is 2. The number of amides is 3. The summed E-state index contributed by atoms with van der Waals surface area (Å²) in [5, 5.41) is 7.31. The van der Waals surface area contributed by atoms with E-state index in [-0.39, 0.29) is 0 Å². The van der Waals surface area contributed by atoms with Crippen molar-refractivity contribution in [3.05, 3.63) is 63.5 Å². The van der Waals surface area contributed by atoms with Gasteiger partial charge in [-0.05, 0) is 60.9 Å². The number of thiophene rings is 1. The van der Waals surface area contributed by atoms with Crippen LogP contribution in [0.2, 0.25) is 0 Å². The minimum atomic E-state index is -0.685. The third-order valence-corrected chi connectivity index (χ3v) is 5.98. The van der Waals surface area contributed by atoms with Crippen molar-refractivity contribution in [2.45, 2.75) is 26.2 Å². The molecule has 8 heteroatoms. The van der Waals surface area contributed by atoms with Crippen molar-refractivity contribution in [2.24, 2.45) is 0 Å². The van der Waals surface area contributed by atoms with Crippen LogP contribution in [0.3, 0.4) is 0 Å². The van der Waals surface area contributed by atoms with Crippen LogP contribution in [0.4, 0.5) is 4.79 Å². The summed E-state index contributed by atoms with van der Waals surface area (Å²) in [6.07, 6.45) is 4.59. The van der Waals surface area contributed by atoms with Gasteiger partial charge >= 0.3 is 12.0 Å². The average molecular weight is 450 g/mol. The molecule has 0 aliphatic heterocycles. The number of pyridine rings is 1. The number of ether oxygens (including phenoxy) is 1. The van der Waals surface area contributed by atoms with E-state index in [0.717, 1.165) is 34.5 Å². The summed E-state index contributed by atoms with van der Waals surface area (Å²) in [5.74, 6) is -1.28. The molecule has 2 heterocycles. The Morgan fingerprint density at radius 3 is 2.78 bits per heavy atom. The molecule has 4 rings (SSSR count). The molecule has 2 N–H and O–H groups in total. The molecule has 32 heavy (non-hydrogen) atoms. The van der Waals surface area contributed by atoms with Crippen LogP contribution in [0.25, 0.3) is 22.6 Å². The molecule has 0 fully saturated rings. The third-order valence-electron chi connectivity index (χ3n) is 5.16. The molecule has 7 nitrogen and oxygen atoms in total. The fourth-order valence-corrected chi connectivity index (χ4v) is 4.51. The molecule has 0 unspecified atom stereocenters. The standard InChI is InChI=1S/C24H23N3O4S/c1-2-25-24(30)27-20(28)14-31-23(29)21-17-9-3-4-11-19(17)26-22-15(7-5-10-18(21)22)13-16-8-6-12-32-16/h3-4,6,8-9,11-13H,2,5,7,10,14H2,1H3,(H2,25,27,28,30)/b15-13-. The van der Waals surface area contributed by atoms with Gasteiger partial charge in [-0.3, -0.25) is 10.1 Å². The zero-order valence-electron chi connectivity index (χ0n) is 17.6. The van der Waals surface area contributed by atoms with Crippen molar-refractivity contribution in [3.8, 4) is 0 Å². The van der Waals surface area contributed by atoms with Gasteiger partial charge in [-0.25, -0.2) is 14.6 Å². The number of rotatable bonds is 5. The highest BCUT2D eigenvalue weighted by molar-refractivity contribution is 7.10. The number of benzene rings is 1. The van der Waals surface area contributed by atoms with E-state index in [2.05, 4.69) is 22.8 Å². The number of allylic oxidation sites excluding steroid dienone is 1. The lowest BCUT2D eigenvalue weighted by atomic mass is 9.86. The number of carbonyl (C=O) groups excluding carboxylic acids is 3.